The Morgan fingerprint density at radius 1 is 1.57 bits per heavy atom. The number of ether oxygens (including phenoxy) is 1. The van der Waals surface area contributed by atoms with Gasteiger partial charge in [-0.25, -0.2) is 4.79 Å². The first-order valence-corrected chi connectivity index (χ1v) is 4.47. The molecule has 0 radical (unpaired) electrons. The molecule has 0 unspecified atom stereocenters. The van der Waals surface area contributed by atoms with E-state index in [0.29, 0.717) is 6.54 Å². The van der Waals surface area contributed by atoms with E-state index in [2.05, 4.69) is 5.32 Å². The van der Waals surface area contributed by atoms with Gasteiger partial charge in [-0.15, -0.1) is 0 Å². The minimum absolute atomic E-state index is 0.350. The van der Waals surface area contributed by atoms with Crippen molar-refractivity contribution >= 4 is 6.09 Å². The second-order valence-electron chi connectivity index (χ2n) is 3.20. The summed E-state index contributed by atoms with van der Waals surface area (Å²) >= 11 is 0. The zero-order chi connectivity index (χ0) is 9.97. The second-order valence-corrected chi connectivity index (χ2v) is 3.20. The number of rotatable bonds is 2. The number of hydrogen-bond acceptors (Lipinski definition) is 2. The van der Waals surface area contributed by atoms with Crippen molar-refractivity contribution in [2.45, 2.75) is 13.0 Å². The van der Waals surface area contributed by atoms with Crippen molar-refractivity contribution < 1.29 is 14.6 Å². The minimum Gasteiger partial charge on any atom is -0.493 e. The molecule has 1 aliphatic heterocycles. The van der Waals surface area contributed by atoms with Gasteiger partial charge in [0.15, 0.2) is 0 Å². The average molecular weight is 193 g/mol. The number of hydrogen-bond donors (Lipinski definition) is 2. The van der Waals surface area contributed by atoms with Gasteiger partial charge in [-0.1, -0.05) is 12.1 Å². The van der Waals surface area contributed by atoms with Crippen LogP contribution < -0.4 is 10.1 Å². The highest BCUT2D eigenvalue weighted by Crippen LogP contribution is 2.25. The van der Waals surface area contributed by atoms with E-state index in [9.17, 15) is 4.79 Å². The van der Waals surface area contributed by atoms with Crippen LogP contribution in [0.25, 0.3) is 0 Å². The van der Waals surface area contributed by atoms with Gasteiger partial charge in [0, 0.05) is 13.0 Å². The summed E-state index contributed by atoms with van der Waals surface area (Å²) in [6.07, 6.45) is -0.0854. The Bertz CT molecular complexity index is 362. The van der Waals surface area contributed by atoms with Crippen molar-refractivity contribution in [1.29, 1.82) is 0 Å². The van der Waals surface area contributed by atoms with Crippen molar-refractivity contribution in [1.82, 2.24) is 5.32 Å². The van der Waals surface area contributed by atoms with E-state index in [-0.39, 0.29) is 0 Å². The van der Waals surface area contributed by atoms with Crippen LogP contribution in [0.3, 0.4) is 0 Å². The fraction of sp³-hybridized carbons (Fsp3) is 0.300. The van der Waals surface area contributed by atoms with Gasteiger partial charge in [0.25, 0.3) is 0 Å². The van der Waals surface area contributed by atoms with E-state index in [4.69, 9.17) is 9.84 Å². The average Bonchev–Trinajstić information content (AvgIpc) is 2.61. The molecule has 2 rings (SSSR count). The highest BCUT2D eigenvalue weighted by atomic mass is 16.5. The van der Waals surface area contributed by atoms with Crippen LogP contribution in [0, 0.1) is 0 Å². The summed E-state index contributed by atoms with van der Waals surface area (Å²) in [4.78, 5) is 10.3. The summed E-state index contributed by atoms with van der Waals surface area (Å²) in [6, 6.07) is 5.75. The maximum Gasteiger partial charge on any atom is 0.404 e. The van der Waals surface area contributed by atoms with Crippen LogP contribution >= 0.6 is 0 Å². The summed E-state index contributed by atoms with van der Waals surface area (Å²) in [7, 11) is 0. The van der Waals surface area contributed by atoms with Gasteiger partial charge in [-0.05, 0) is 17.2 Å². The highest BCUT2D eigenvalue weighted by molar-refractivity contribution is 5.64. The van der Waals surface area contributed by atoms with Crippen LogP contribution in [0.4, 0.5) is 4.79 Å². The molecule has 1 aliphatic rings. The summed E-state index contributed by atoms with van der Waals surface area (Å²) in [5.41, 5.74) is 2.13. The maximum atomic E-state index is 10.3. The molecule has 1 aromatic carbocycles. The lowest BCUT2D eigenvalue weighted by Gasteiger charge is -2.03. The molecule has 0 aliphatic carbocycles. The predicted octanol–water partition coefficient (Wildman–Crippen LogP) is 1.39. The fourth-order valence-corrected chi connectivity index (χ4v) is 1.53. The molecule has 4 nitrogen and oxygen atoms in total. The molecule has 0 saturated carbocycles. The molecular weight excluding hydrogens is 182 g/mol. The van der Waals surface area contributed by atoms with E-state index in [1.54, 1.807) is 0 Å². The zero-order valence-corrected chi connectivity index (χ0v) is 7.62. The number of fused-ring (bicyclic) bond motifs is 1. The third-order valence-corrected chi connectivity index (χ3v) is 2.20. The number of carboxylic acid groups (broad SMARTS) is 1. The van der Waals surface area contributed by atoms with Crippen LogP contribution in [0.2, 0.25) is 0 Å². The van der Waals surface area contributed by atoms with Gasteiger partial charge in [-0.3, -0.25) is 0 Å². The monoisotopic (exact) mass is 193 g/mol. The van der Waals surface area contributed by atoms with E-state index in [1.165, 1.54) is 0 Å². The smallest absolute Gasteiger partial charge is 0.404 e. The van der Waals surface area contributed by atoms with E-state index in [0.717, 1.165) is 29.9 Å². The summed E-state index contributed by atoms with van der Waals surface area (Å²) < 4.78 is 5.34. The Morgan fingerprint density at radius 2 is 2.43 bits per heavy atom. The second kappa shape index (κ2) is 3.57. The van der Waals surface area contributed by atoms with Gasteiger partial charge < -0.3 is 15.2 Å². The first-order chi connectivity index (χ1) is 6.75. The van der Waals surface area contributed by atoms with Crippen molar-refractivity contribution in [3.8, 4) is 5.75 Å². The van der Waals surface area contributed by atoms with Gasteiger partial charge in [0.05, 0.1) is 6.61 Å². The molecule has 0 fully saturated rings. The molecule has 0 saturated heterocycles. The maximum absolute atomic E-state index is 10.3. The Labute approximate surface area is 81.5 Å². The summed E-state index contributed by atoms with van der Waals surface area (Å²) in [5.74, 6) is 0.920. The summed E-state index contributed by atoms with van der Waals surface area (Å²) in [5, 5.41) is 10.8. The van der Waals surface area contributed by atoms with Crippen LogP contribution in [0.5, 0.6) is 5.75 Å². The van der Waals surface area contributed by atoms with E-state index in [1.807, 2.05) is 18.2 Å². The van der Waals surface area contributed by atoms with Gasteiger partial charge >= 0.3 is 6.09 Å². The first-order valence-electron chi connectivity index (χ1n) is 4.47. The molecule has 0 aromatic heterocycles. The highest BCUT2D eigenvalue weighted by Gasteiger charge is 2.11. The SMILES string of the molecule is O=C(O)NCc1ccc2c(c1)CCO2. The molecule has 1 amide bonds. The molecule has 74 valence electrons. The van der Waals surface area contributed by atoms with Crippen molar-refractivity contribution in [2.75, 3.05) is 6.61 Å². The molecule has 1 aromatic rings. The molecule has 14 heavy (non-hydrogen) atoms. The van der Waals surface area contributed by atoms with Gasteiger partial charge in [0.2, 0.25) is 0 Å². The van der Waals surface area contributed by atoms with E-state index < -0.39 is 6.09 Å². The Kier molecular flexibility index (Phi) is 2.26. The third-order valence-electron chi connectivity index (χ3n) is 2.20. The van der Waals surface area contributed by atoms with Crippen LogP contribution in [-0.4, -0.2) is 17.8 Å². The minimum atomic E-state index is -0.998. The standard InChI is InChI=1S/C10H11NO3/c12-10(13)11-6-7-1-2-9-8(5-7)3-4-14-9/h1-2,5,11H,3-4,6H2,(H,12,13). The Balaban J connectivity index is 2.09. The lowest BCUT2D eigenvalue weighted by Crippen LogP contribution is -2.19. The number of benzene rings is 1. The topological polar surface area (TPSA) is 58.6 Å². The predicted molar refractivity (Wildman–Crippen MR) is 50.5 cm³/mol. The van der Waals surface area contributed by atoms with Crippen LogP contribution in [0.15, 0.2) is 18.2 Å². The van der Waals surface area contributed by atoms with Crippen LogP contribution in [0.1, 0.15) is 11.1 Å². The fourth-order valence-electron chi connectivity index (χ4n) is 1.53. The zero-order valence-electron chi connectivity index (χ0n) is 7.62. The van der Waals surface area contributed by atoms with Crippen molar-refractivity contribution in [2.24, 2.45) is 0 Å². The largest absolute Gasteiger partial charge is 0.493 e. The Hall–Kier alpha value is -1.71. The molecule has 1 heterocycles. The molecule has 0 atom stereocenters. The summed E-state index contributed by atoms with van der Waals surface area (Å²) in [6.45, 7) is 1.08. The number of nitrogens with one attached hydrogen (secondary N) is 1. The lowest BCUT2D eigenvalue weighted by atomic mass is 10.1. The van der Waals surface area contributed by atoms with Crippen molar-refractivity contribution in [3.63, 3.8) is 0 Å². The third kappa shape index (κ3) is 1.79. The van der Waals surface area contributed by atoms with Crippen LogP contribution in [-0.2, 0) is 13.0 Å². The van der Waals surface area contributed by atoms with Gasteiger partial charge in [0.1, 0.15) is 5.75 Å². The van der Waals surface area contributed by atoms with Gasteiger partial charge in [-0.2, -0.15) is 0 Å². The molecular formula is C10H11NO3. The molecule has 0 bridgehead atoms. The number of carbonyl (C=O) groups is 1. The molecule has 2 N–H and O–H groups in total. The Morgan fingerprint density at radius 3 is 3.21 bits per heavy atom. The van der Waals surface area contributed by atoms with Crippen molar-refractivity contribution in [3.05, 3.63) is 29.3 Å². The quantitative estimate of drug-likeness (QED) is 0.746. The van der Waals surface area contributed by atoms with E-state index >= 15 is 0 Å². The number of amides is 1. The molecule has 4 heteroatoms. The molecule has 0 spiro atoms. The first kappa shape index (κ1) is 8.87. The lowest BCUT2D eigenvalue weighted by molar-refractivity contribution is 0.194. The normalized spacial score (nSPS) is 13.1.